The van der Waals surface area contributed by atoms with Crippen molar-refractivity contribution in [1.29, 1.82) is 0 Å². The van der Waals surface area contributed by atoms with Gasteiger partial charge in [-0.1, -0.05) is 18.2 Å². The topological polar surface area (TPSA) is 107 Å². The van der Waals surface area contributed by atoms with E-state index >= 15 is 0 Å². The van der Waals surface area contributed by atoms with Gasteiger partial charge in [0.15, 0.2) is 0 Å². The number of para-hydroxylation sites is 1. The third kappa shape index (κ3) is 4.58. The van der Waals surface area contributed by atoms with Crippen LogP contribution in [0.25, 0.3) is 0 Å². The first-order valence-electron chi connectivity index (χ1n) is 11.3. The standard InChI is InChI=1S/C27H23N3O6/c1-34-25-13-8-18(15-19(25)17-36-21-11-9-20(10-12-21)30(32)33)26-28-24-7-3-2-6-23(24)27(31)29(26)16-22-5-4-14-35-22/h2-15,26,28H,16-17H2,1H3/t26-/m1/s1. The van der Waals surface area contributed by atoms with E-state index < -0.39 is 11.1 Å². The summed E-state index contributed by atoms with van der Waals surface area (Å²) in [6, 6.07) is 22.6. The Morgan fingerprint density at radius 1 is 1.06 bits per heavy atom. The Kier molecular flexibility index (Phi) is 6.27. The monoisotopic (exact) mass is 485 g/mol. The molecule has 1 N–H and O–H groups in total. The Labute approximate surface area is 207 Å². The molecule has 0 bridgehead atoms. The number of anilines is 1. The van der Waals surface area contributed by atoms with Crippen molar-refractivity contribution in [3.8, 4) is 11.5 Å². The lowest BCUT2D eigenvalue weighted by molar-refractivity contribution is -0.384. The van der Waals surface area contributed by atoms with Crippen LogP contribution in [0.3, 0.4) is 0 Å². The average Bonchev–Trinajstić information content (AvgIpc) is 3.42. The summed E-state index contributed by atoms with van der Waals surface area (Å²) in [7, 11) is 1.58. The number of nitro benzene ring substituents is 1. The van der Waals surface area contributed by atoms with E-state index in [1.807, 2.05) is 42.5 Å². The molecule has 0 spiro atoms. The van der Waals surface area contributed by atoms with E-state index in [0.29, 0.717) is 29.4 Å². The summed E-state index contributed by atoms with van der Waals surface area (Å²) in [6.45, 7) is 0.461. The van der Waals surface area contributed by atoms with Crippen molar-refractivity contribution in [1.82, 2.24) is 4.90 Å². The predicted octanol–water partition coefficient (Wildman–Crippen LogP) is 5.54. The lowest BCUT2D eigenvalue weighted by Crippen LogP contribution is -2.42. The molecule has 0 unspecified atom stereocenters. The van der Waals surface area contributed by atoms with Crippen LogP contribution in [0.5, 0.6) is 11.5 Å². The Morgan fingerprint density at radius 3 is 2.58 bits per heavy atom. The van der Waals surface area contributed by atoms with Crippen LogP contribution in [-0.4, -0.2) is 22.8 Å². The van der Waals surface area contributed by atoms with E-state index in [1.54, 1.807) is 42.5 Å². The molecule has 182 valence electrons. The molecule has 1 atom stereocenters. The second kappa shape index (κ2) is 9.83. The first kappa shape index (κ1) is 23.0. The summed E-state index contributed by atoms with van der Waals surface area (Å²) < 4.78 is 16.9. The Bertz CT molecular complexity index is 1390. The number of fused-ring (bicyclic) bond motifs is 1. The number of hydrogen-bond acceptors (Lipinski definition) is 7. The summed E-state index contributed by atoms with van der Waals surface area (Å²) >= 11 is 0. The molecule has 1 amide bonds. The second-order valence-corrected chi connectivity index (χ2v) is 8.22. The van der Waals surface area contributed by atoms with Crippen molar-refractivity contribution in [3.63, 3.8) is 0 Å². The molecule has 0 aliphatic carbocycles. The molecule has 4 aromatic rings. The van der Waals surface area contributed by atoms with Gasteiger partial charge in [0.25, 0.3) is 11.6 Å². The molecule has 9 nitrogen and oxygen atoms in total. The molecule has 0 fully saturated rings. The van der Waals surface area contributed by atoms with Gasteiger partial charge in [-0.2, -0.15) is 0 Å². The smallest absolute Gasteiger partial charge is 0.269 e. The molecular weight excluding hydrogens is 462 g/mol. The van der Waals surface area contributed by atoms with Crippen LogP contribution in [0.1, 0.15) is 33.4 Å². The van der Waals surface area contributed by atoms with Crippen LogP contribution in [0.4, 0.5) is 11.4 Å². The van der Waals surface area contributed by atoms with E-state index in [0.717, 1.165) is 16.8 Å². The normalized spacial score (nSPS) is 14.6. The fourth-order valence-corrected chi connectivity index (χ4v) is 4.20. The second-order valence-electron chi connectivity index (χ2n) is 8.22. The maximum Gasteiger partial charge on any atom is 0.269 e. The zero-order valence-electron chi connectivity index (χ0n) is 19.4. The first-order valence-corrected chi connectivity index (χ1v) is 11.3. The number of hydrogen-bond donors (Lipinski definition) is 1. The number of amides is 1. The van der Waals surface area contributed by atoms with E-state index in [-0.39, 0.29) is 18.2 Å². The molecule has 0 radical (unpaired) electrons. The van der Waals surface area contributed by atoms with Gasteiger partial charge >= 0.3 is 0 Å². The molecule has 2 heterocycles. The van der Waals surface area contributed by atoms with Crippen LogP contribution >= 0.6 is 0 Å². The molecule has 36 heavy (non-hydrogen) atoms. The van der Waals surface area contributed by atoms with E-state index in [2.05, 4.69) is 5.32 Å². The maximum absolute atomic E-state index is 13.5. The summed E-state index contributed by atoms with van der Waals surface area (Å²) in [5.41, 5.74) is 2.94. The van der Waals surface area contributed by atoms with Crippen molar-refractivity contribution in [3.05, 3.63) is 118 Å². The van der Waals surface area contributed by atoms with Gasteiger partial charge in [-0.25, -0.2) is 0 Å². The summed E-state index contributed by atoms with van der Waals surface area (Å²) in [5.74, 6) is 1.68. The fourth-order valence-electron chi connectivity index (χ4n) is 4.20. The van der Waals surface area contributed by atoms with Crippen molar-refractivity contribution in [2.75, 3.05) is 12.4 Å². The van der Waals surface area contributed by atoms with Crippen molar-refractivity contribution in [2.45, 2.75) is 19.3 Å². The Balaban J connectivity index is 1.45. The molecule has 1 aromatic heterocycles. The highest BCUT2D eigenvalue weighted by Crippen LogP contribution is 2.36. The van der Waals surface area contributed by atoms with Crippen molar-refractivity contribution < 1.29 is 23.6 Å². The van der Waals surface area contributed by atoms with Crippen LogP contribution in [0.15, 0.2) is 89.5 Å². The quantitative estimate of drug-likeness (QED) is 0.258. The minimum Gasteiger partial charge on any atom is -0.496 e. The predicted molar refractivity (Wildman–Crippen MR) is 132 cm³/mol. The van der Waals surface area contributed by atoms with Gasteiger partial charge in [-0.05, 0) is 54.1 Å². The van der Waals surface area contributed by atoms with Crippen LogP contribution in [0.2, 0.25) is 0 Å². The number of nitrogens with one attached hydrogen (secondary N) is 1. The van der Waals surface area contributed by atoms with Gasteiger partial charge in [0, 0.05) is 23.4 Å². The van der Waals surface area contributed by atoms with Crippen LogP contribution in [0, 0.1) is 10.1 Å². The SMILES string of the molecule is COc1ccc([C@@H]2Nc3ccccc3C(=O)N2Cc2ccco2)cc1COc1ccc([N+](=O)[O-])cc1. The lowest BCUT2D eigenvalue weighted by atomic mass is 10.0. The highest BCUT2D eigenvalue weighted by atomic mass is 16.6. The van der Waals surface area contributed by atoms with Gasteiger partial charge in [0.05, 0.1) is 30.4 Å². The number of non-ortho nitro benzene ring substituents is 1. The number of nitrogens with zero attached hydrogens (tertiary/aromatic N) is 2. The summed E-state index contributed by atoms with van der Waals surface area (Å²) in [5, 5.41) is 14.4. The van der Waals surface area contributed by atoms with Crippen LogP contribution < -0.4 is 14.8 Å². The highest BCUT2D eigenvalue weighted by Gasteiger charge is 2.33. The number of nitro groups is 1. The van der Waals surface area contributed by atoms with E-state index in [1.165, 1.54) is 12.1 Å². The molecule has 1 aliphatic rings. The number of carbonyl (C=O) groups excluding carboxylic acids is 1. The molecule has 3 aromatic carbocycles. The van der Waals surface area contributed by atoms with E-state index in [4.69, 9.17) is 13.9 Å². The number of ether oxygens (including phenoxy) is 2. The largest absolute Gasteiger partial charge is 0.496 e. The number of methoxy groups -OCH3 is 1. The third-order valence-corrected chi connectivity index (χ3v) is 5.99. The summed E-state index contributed by atoms with van der Waals surface area (Å²) in [4.78, 5) is 25.6. The van der Waals surface area contributed by atoms with Gasteiger partial charge in [0.2, 0.25) is 0 Å². The number of furan rings is 1. The minimum atomic E-state index is -0.457. The molecule has 1 aliphatic heterocycles. The van der Waals surface area contributed by atoms with Crippen LogP contribution in [-0.2, 0) is 13.2 Å². The minimum absolute atomic E-state index is 0.00750. The number of rotatable bonds is 8. The third-order valence-electron chi connectivity index (χ3n) is 5.99. The number of benzene rings is 3. The van der Waals surface area contributed by atoms with Gasteiger partial charge in [-0.15, -0.1) is 0 Å². The Morgan fingerprint density at radius 2 is 1.86 bits per heavy atom. The van der Waals surface area contributed by atoms with E-state index in [9.17, 15) is 14.9 Å². The van der Waals surface area contributed by atoms with Crippen molar-refractivity contribution >= 4 is 17.3 Å². The highest BCUT2D eigenvalue weighted by molar-refractivity contribution is 6.01. The first-order chi connectivity index (χ1) is 17.5. The molecule has 0 saturated carbocycles. The van der Waals surface area contributed by atoms with Gasteiger partial charge < -0.3 is 24.1 Å². The Hall–Kier alpha value is -4.79. The lowest BCUT2D eigenvalue weighted by Gasteiger charge is -2.38. The maximum atomic E-state index is 13.5. The molecule has 5 rings (SSSR count). The molecule has 0 saturated heterocycles. The zero-order chi connectivity index (χ0) is 25.1. The summed E-state index contributed by atoms with van der Waals surface area (Å²) in [6.07, 6.45) is 1.13. The van der Waals surface area contributed by atoms with Crippen molar-refractivity contribution in [2.24, 2.45) is 0 Å². The fraction of sp³-hybridized carbons (Fsp3) is 0.148. The van der Waals surface area contributed by atoms with Gasteiger partial charge in [-0.3, -0.25) is 14.9 Å². The zero-order valence-corrected chi connectivity index (χ0v) is 19.4. The molecular formula is C27H23N3O6. The van der Waals surface area contributed by atoms with Gasteiger partial charge in [0.1, 0.15) is 30.0 Å². The average molecular weight is 485 g/mol. The number of carbonyl (C=O) groups is 1. The molecule has 9 heteroatoms.